The molecule has 6 nitrogen and oxygen atoms in total. The van der Waals surface area contributed by atoms with E-state index in [9.17, 15) is 17.2 Å². The molecule has 0 bridgehead atoms. The Labute approximate surface area is 113 Å². The van der Waals surface area contributed by atoms with Crippen LogP contribution in [-0.2, 0) is 9.84 Å². The van der Waals surface area contributed by atoms with E-state index in [1.54, 1.807) is 0 Å². The zero-order valence-electron chi connectivity index (χ0n) is 10.5. The number of anilines is 1. The molecule has 2 rings (SSSR count). The SMILES string of the molecule is COc1c(-c2cc(N)no2)cc(F)c(S(C)(=O)=O)c1F. The quantitative estimate of drug-likeness (QED) is 0.925. The summed E-state index contributed by atoms with van der Waals surface area (Å²) in [6, 6.07) is 2.02. The van der Waals surface area contributed by atoms with E-state index in [2.05, 4.69) is 5.16 Å². The summed E-state index contributed by atoms with van der Waals surface area (Å²) < 4.78 is 60.4. The molecule has 1 aromatic carbocycles. The second-order valence-electron chi connectivity index (χ2n) is 3.97. The number of halogens is 2. The first kappa shape index (κ1) is 14.3. The summed E-state index contributed by atoms with van der Waals surface area (Å²) in [5, 5.41) is 3.38. The van der Waals surface area contributed by atoms with E-state index in [-0.39, 0.29) is 17.1 Å². The van der Waals surface area contributed by atoms with Gasteiger partial charge in [0.2, 0.25) is 0 Å². The van der Waals surface area contributed by atoms with Gasteiger partial charge in [-0.15, -0.1) is 0 Å². The van der Waals surface area contributed by atoms with Crippen LogP contribution in [0.3, 0.4) is 0 Å². The maximum absolute atomic E-state index is 14.1. The Morgan fingerprint density at radius 3 is 2.45 bits per heavy atom. The van der Waals surface area contributed by atoms with E-state index in [0.717, 1.165) is 13.2 Å². The topological polar surface area (TPSA) is 95.4 Å². The highest BCUT2D eigenvalue weighted by atomic mass is 32.2. The van der Waals surface area contributed by atoms with Gasteiger partial charge in [0.05, 0.1) is 12.7 Å². The van der Waals surface area contributed by atoms with Crippen LogP contribution in [-0.4, -0.2) is 26.9 Å². The molecule has 0 aliphatic carbocycles. The third-order valence-corrected chi connectivity index (χ3v) is 3.62. The highest BCUT2D eigenvalue weighted by molar-refractivity contribution is 7.90. The fourth-order valence-corrected chi connectivity index (χ4v) is 2.55. The van der Waals surface area contributed by atoms with Crippen molar-refractivity contribution in [1.82, 2.24) is 5.16 Å². The molecule has 9 heteroatoms. The van der Waals surface area contributed by atoms with Crippen LogP contribution in [0.4, 0.5) is 14.6 Å². The van der Waals surface area contributed by atoms with Crippen LogP contribution in [0.5, 0.6) is 5.75 Å². The van der Waals surface area contributed by atoms with Gasteiger partial charge in [0, 0.05) is 12.3 Å². The predicted octanol–water partition coefficient (Wildman–Crippen LogP) is 1.61. The lowest BCUT2D eigenvalue weighted by Gasteiger charge is -2.11. The maximum atomic E-state index is 14.1. The van der Waals surface area contributed by atoms with Crippen LogP contribution in [0.25, 0.3) is 11.3 Å². The zero-order valence-corrected chi connectivity index (χ0v) is 11.3. The fourth-order valence-electron chi connectivity index (χ4n) is 1.72. The Kier molecular flexibility index (Phi) is 3.38. The molecule has 0 spiro atoms. The second-order valence-corrected chi connectivity index (χ2v) is 5.92. The van der Waals surface area contributed by atoms with Crippen molar-refractivity contribution in [1.29, 1.82) is 0 Å². The number of ether oxygens (including phenoxy) is 1. The van der Waals surface area contributed by atoms with Crippen LogP contribution in [0.1, 0.15) is 0 Å². The van der Waals surface area contributed by atoms with E-state index in [1.165, 1.54) is 6.07 Å². The Hall–Kier alpha value is -2.16. The number of aromatic nitrogens is 1. The van der Waals surface area contributed by atoms with Crippen LogP contribution in [0.2, 0.25) is 0 Å². The van der Waals surface area contributed by atoms with Crippen LogP contribution in [0, 0.1) is 11.6 Å². The lowest BCUT2D eigenvalue weighted by molar-refractivity contribution is 0.372. The van der Waals surface area contributed by atoms with Gasteiger partial charge in [-0.1, -0.05) is 5.16 Å². The van der Waals surface area contributed by atoms with E-state index in [0.29, 0.717) is 6.26 Å². The van der Waals surface area contributed by atoms with E-state index in [4.69, 9.17) is 15.0 Å². The van der Waals surface area contributed by atoms with Crippen LogP contribution >= 0.6 is 0 Å². The smallest absolute Gasteiger partial charge is 0.187 e. The summed E-state index contributed by atoms with van der Waals surface area (Å²) in [5.41, 5.74) is 5.23. The van der Waals surface area contributed by atoms with Crippen molar-refractivity contribution >= 4 is 15.7 Å². The molecule has 0 amide bonds. The number of nitrogens with zero attached hydrogens (tertiary/aromatic N) is 1. The number of nitrogens with two attached hydrogens (primary N) is 1. The summed E-state index contributed by atoms with van der Waals surface area (Å²) in [5.74, 6) is -3.09. The first-order valence-electron chi connectivity index (χ1n) is 5.24. The standard InChI is InChI=1S/C11H10F2N2O4S/c1-18-10-5(7-4-8(14)15-19-7)3-6(12)11(9(10)13)20(2,16)17/h3-4H,1-2H3,(H2,14,15). The first-order chi connectivity index (χ1) is 9.25. The maximum Gasteiger partial charge on any atom is 0.187 e. The molecule has 0 saturated carbocycles. The molecule has 0 atom stereocenters. The van der Waals surface area contributed by atoms with Crippen molar-refractivity contribution in [3.63, 3.8) is 0 Å². The van der Waals surface area contributed by atoms with Crippen molar-refractivity contribution in [3.05, 3.63) is 23.8 Å². The average molecular weight is 304 g/mol. The minimum Gasteiger partial charge on any atom is -0.493 e. The van der Waals surface area contributed by atoms with Gasteiger partial charge in [-0.2, -0.15) is 0 Å². The van der Waals surface area contributed by atoms with Crippen molar-refractivity contribution in [3.8, 4) is 17.1 Å². The molecule has 1 aromatic heterocycles. The Balaban J connectivity index is 2.80. The number of benzene rings is 1. The molecule has 108 valence electrons. The Morgan fingerprint density at radius 2 is 2.00 bits per heavy atom. The number of sulfone groups is 1. The second kappa shape index (κ2) is 4.75. The van der Waals surface area contributed by atoms with Gasteiger partial charge < -0.3 is 15.0 Å². The molecule has 20 heavy (non-hydrogen) atoms. The Bertz CT molecular complexity index is 771. The summed E-state index contributed by atoms with van der Waals surface area (Å²) in [4.78, 5) is -1.06. The van der Waals surface area contributed by atoms with Crippen molar-refractivity contribution < 1.29 is 26.5 Å². The van der Waals surface area contributed by atoms with Gasteiger partial charge in [0.1, 0.15) is 10.7 Å². The summed E-state index contributed by atoms with van der Waals surface area (Å²) in [6.45, 7) is 0. The molecule has 0 radical (unpaired) electrons. The van der Waals surface area contributed by atoms with Crippen LogP contribution < -0.4 is 10.5 Å². The minimum absolute atomic E-state index is 0.00931. The molecule has 0 saturated heterocycles. The molecule has 0 unspecified atom stereocenters. The molecule has 0 aliphatic heterocycles. The molecule has 1 heterocycles. The average Bonchev–Trinajstić information content (AvgIpc) is 2.73. The zero-order chi connectivity index (χ0) is 15.1. The van der Waals surface area contributed by atoms with E-state index < -0.39 is 32.1 Å². The van der Waals surface area contributed by atoms with Gasteiger partial charge in [0.15, 0.2) is 33.0 Å². The first-order valence-corrected chi connectivity index (χ1v) is 7.13. The minimum atomic E-state index is -4.09. The highest BCUT2D eigenvalue weighted by Gasteiger charge is 2.27. The normalized spacial score (nSPS) is 11.6. The lowest BCUT2D eigenvalue weighted by Crippen LogP contribution is -2.07. The number of hydrogen-bond donors (Lipinski definition) is 1. The van der Waals surface area contributed by atoms with E-state index >= 15 is 0 Å². The van der Waals surface area contributed by atoms with Gasteiger partial charge in [-0.25, -0.2) is 17.2 Å². The fraction of sp³-hybridized carbons (Fsp3) is 0.182. The third kappa shape index (κ3) is 2.31. The van der Waals surface area contributed by atoms with Gasteiger partial charge in [-0.05, 0) is 6.07 Å². The van der Waals surface area contributed by atoms with Crippen molar-refractivity contribution in [2.75, 3.05) is 19.1 Å². The number of hydrogen-bond acceptors (Lipinski definition) is 6. The number of rotatable bonds is 3. The molecule has 2 N–H and O–H groups in total. The highest BCUT2D eigenvalue weighted by Crippen LogP contribution is 2.37. The van der Waals surface area contributed by atoms with Gasteiger partial charge in [0.25, 0.3) is 0 Å². The summed E-state index contributed by atoms with van der Waals surface area (Å²) in [7, 11) is -2.97. The Morgan fingerprint density at radius 1 is 1.35 bits per heavy atom. The molecule has 2 aromatic rings. The summed E-state index contributed by atoms with van der Waals surface area (Å²) >= 11 is 0. The van der Waals surface area contributed by atoms with Crippen LogP contribution in [0.15, 0.2) is 21.6 Å². The number of nitrogen functional groups attached to an aromatic ring is 1. The van der Waals surface area contributed by atoms with Crippen molar-refractivity contribution in [2.45, 2.75) is 4.90 Å². The van der Waals surface area contributed by atoms with Gasteiger partial charge in [-0.3, -0.25) is 0 Å². The van der Waals surface area contributed by atoms with Gasteiger partial charge >= 0.3 is 0 Å². The third-order valence-electron chi connectivity index (χ3n) is 2.50. The largest absolute Gasteiger partial charge is 0.493 e. The molecular weight excluding hydrogens is 294 g/mol. The van der Waals surface area contributed by atoms with Crippen molar-refractivity contribution in [2.24, 2.45) is 0 Å². The molecule has 0 aliphatic rings. The molecule has 0 fully saturated rings. The lowest BCUT2D eigenvalue weighted by atomic mass is 10.1. The molecular formula is C11H10F2N2O4S. The number of methoxy groups -OCH3 is 1. The van der Waals surface area contributed by atoms with E-state index in [1.807, 2.05) is 0 Å². The summed E-state index contributed by atoms with van der Waals surface area (Å²) in [6.07, 6.45) is 0.694. The predicted molar refractivity (Wildman–Crippen MR) is 65.9 cm³/mol. The monoisotopic (exact) mass is 304 g/mol.